The van der Waals surface area contributed by atoms with E-state index in [2.05, 4.69) is 30.8 Å². The first-order valence-electron chi connectivity index (χ1n) is 9.03. The van der Waals surface area contributed by atoms with Crippen molar-refractivity contribution in [3.05, 3.63) is 64.2 Å². The number of benzene rings is 1. The monoisotopic (exact) mass is 426 g/mol. The highest BCUT2D eigenvalue weighted by Crippen LogP contribution is 2.26. The summed E-state index contributed by atoms with van der Waals surface area (Å²) in [7, 11) is 0. The first-order chi connectivity index (χ1) is 15.1. The van der Waals surface area contributed by atoms with E-state index in [0.717, 1.165) is 0 Å². The van der Waals surface area contributed by atoms with Crippen LogP contribution in [0.2, 0.25) is 0 Å². The highest BCUT2D eigenvalue weighted by Gasteiger charge is 2.23. The van der Waals surface area contributed by atoms with Gasteiger partial charge in [0.1, 0.15) is 23.5 Å². The third-order valence-corrected chi connectivity index (χ3v) is 4.23. The fourth-order valence-electron chi connectivity index (χ4n) is 2.83. The van der Waals surface area contributed by atoms with Crippen LogP contribution in [-0.4, -0.2) is 53.3 Å². The molecule has 0 aliphatic carbocycles. The van der Waals surface area contributed by atoms with E-state index in [-0.39, 0.29) is 37.0 Å². The van der Waals surface area contributed by atoms with Crippen LogP contribution in [0.15, 0.2) is 47.2 Å². The molecule has 0 saturated carbocycles. The number of anilines is 1. The minimum Gasteiger partial charge on any atom is -0.395 e. The first kappa shape index (κ1) is 20.0. The Morgan fingerprint density at radius 3 is 2.77 bits per heavy atom. The van der Waals surface area contributed by atoms with Crippen LogP contribution in [-0.2, 0) is 6.54 Å². The molecule has 2 N–H and O–H groups in total. The van der Waals surface area contributed by atoms with Gasteiger partial charge in [0.2, 0.25) is 11.6 Å². The van der Waals surface area contributed by atoms with Gasteiger partial charge in [0.15, 0.2) is 0 Å². The van der Waals surface area contributed by atoms with Gasteiger partial charge in [-0.25, -0.2) is 4.39 Å². The predicted molar refractivity (Wildman–Crippen MR) is 104 cm³/mol. The lowest BCUT2D eigenvalue weighted by atomic mass is 10.2. The molecule has 0 fully saturated rings. The molecule has 1 aromatic carbocycles. The van der Waals surface area contributed by atoms with Crippen LogP contribution in [0.3, 0.4) is 0 Å². The average molecular weight is 426 g/mol. The van der Waals surface area contributed by atoms with Crippen LogP contribution in [0.25, 0.3) is 22.9 Å². The van der Waals surface area contributed by atoms with Crippen molar-refractivity contribution in [1.82, 2.24) is 30.1 Å². The number of hydrogen-bond donors (Lipinski definition) is 2. The number of aliphatic hydroxyl groups is 1. The fourth-order valence-corrected chi connectivity index (χ4v) is 2.83. The third kappa shape index (κ3) is 4.20. The van der Waals surface area contributed by atoms with Crippen LogP contribution >= 0.6 is 0 Å². The largest absolute Gasteiger partial charge is 0.433 e. The predicted octanol–water partition coefficient (Wildman–Crippen LogP) is 1.89. The molecule has 13 heteroatoms. The van der Waals surface area contributed by atoms with Gasteiger partial charge in [0.05, 0.1) is 23.9 Å². The number of aliphatic hydroxyl groups excluding tert-OH is 1. The zero-order valence-electron chi connectivity index (χ0n) is 15.8. The smallest absolute Gasteiger partial charge is 0.395 e. The average Bonchev–Trinajstić information content (AvgIpc) is 3.43. The van der Waals surface area contributed by atoms with E-state index in [1.54, 1.807) is 30.3 Å². The molecule has 0 unspecified atom stereocenters. The molecular formula is C18H15FN8O4. The second-order valence-corrected chi connectivity index (χ2v) is 6.26. The Morgan fingerprint density at radius 1 is 1.23 bits per heavy atom. The minimum atomic E-state index is -0.735. The summed E-state index contributed by atoms with van der Waals surface area (Å²) in [4.78, 5) is 14.6. The number of nitrogens with one attached hydrogen (secondary N) is 1. The second-order valence-electron chi connectivity index (χ2n) is 6.26. The summed E-state index contributed by atoms with van der Waals surface area (Å²) >= 11 is 0. The van der Waals surface area contributed by atoms with Gasteiger partial charge in [-0.2, -0.15) is 10.1 Å². The summed E-state index contributed by atoms with van der Waals surface area (Å²) in [5.74, 6) is -1.13. The standard InChI is InChI=1S/C18H15FN8O4/c19-12-4-2-1-3-11(12)10-26-15(13-5-8-31-25-13)9-14(24-26)16-21-17(20-6-7-28)18(23-22-16)27(29)30/h1-5,8-9,28H,6-7,10H2,(H,20,21,22). The van der Waals surface area contributed by atoms with Gasteiger partial charge in [-0.15, -0.1) is 0 Å². The zero-order chi connectivity index (χ0) is 21.8. The highest BCUT2D eigenvalue weighted by molar-refractivity contribution is 5.64. The molecule has 158 valence electrons. The molecule has 12 nitrogen and oxygen atoms in total. The van der Waals surface area contributed by atoms with Crippen LogP contribution in [0.1, 0.15) is 5.56 Å². The summed E-state index contributed by atoms with van der Waals surface area (Å²) in [6.45, 7) is -0.139. The maximum Gasteiger partial charge on any atom is 0.433 e. The van der Waals surface area contributed by atoms with Gasteiger partial charge in [-0.1, -0.05) is 23.4 Å². The third-order valence-electron chi connectivity index (χ3n) is 4.23. The number of nitro groups is 1. The van der Waals surface area contributed by atoms with Crippen molar-refractivity contribution in [3.8, 4) is 22.9 Å². The number of nitrogens with zero attached hydrogens (tertiary/aromatic N) is 7. The van der Waals surface area contributed by atoms with E-state index in [1.165, 1.54) is 17.0 Å². The van der Waals surface area contributed by atoms with Gasteiger partial charge >= 0.3 is 5.82 Å². The van der Waals surface area contributed by atoms with E-state index in [0.29, 0.717) is 17.0 Å². The maximum atomic E-state index is 14.2. The van der Waals surface area contributed by atoms with Gasteiger partial charge in [0, 0.05) is 18.2 Å². The number of hydrogen-bond acceptors (Lipinski definition) is 10. The highest BCUT2D eigenvalue weighted by atomic mass is 19.1. The van der Waals surface area contributed by atoms with Crippen LogP contribution in [0.5, 0.6) is 0 Å². The molecule has 31 heavy (non-hydrogen) atoms. The molecule has 3 aromatic heterocycles. The van der Waals surface area contributed by atoms with Crippen molar-refractivity contribution in [3.63, 3.8) is 0 Å². The summed E-state index contributed by atoms with van der Waals surface area (Å²) in [6, 6.07) is 9.48. The molecule has 4 rings (SSSR count). The van der Waals surface area contributed by atoms with E-state index in [4.69, 9.17) is 9.63 Å². The molecular weight excluding hydrogens is 411 g/mol. The normalized spacial score (nSPS) is 10.9. The molecule has 0 atom stereocenters. The lowest BCUT2D eigenvalue weighted by Gasteiger charge is -2.06. The topological polar surface area (TPSA) is 158 Å². The van der Waals surface area contributed by atoms with Crippen molar-refractivity contribution in [2.75, 3.05) is 18.5 Å². The molecule has 3 heterocycles. The molecule has 0 aliphatic heterocycles. The van der Waals surface area contributed by atoms with Crippen LogP contribution < -0.4 is 5.32 Å². The van der Waals surface area contributed by atoms with Crippen molar-refractivity contribution in [1.29, 1.82) is 0 Å². The van der Waals surface area contributed by atoms with E-state index < -0.39 is 16.6 Å². The fraction of sp³-hybridized carbons (Fsp3) is 0.167. The van der Waals surface area contributed by atoms with Crippen molar-refractivity contribution in [2.24, 2.45) is 0 Å². The van der Waals surface area contributed by atoms with E-state index >= 15 is 0 Å². The van der Waals surface area contributed by atoms with Gasteiger partial charge in [0.25, 0.3) is 0 Å². The Hall–Kier alpha value is -4.26. The van der Waals surface area contributed by atoms with E-state index in [9.17, 15) is 14.5 Å². The van der Waals surface area contributed by atoms with Gasteiger partial charge < -0.3 is 25.1 Å². The van der Waals surface area contributed by atoms with Gasteiger partial charge in [-0.3, -0.25) is 4.68 Å². The van der Waals surface area contributed by atoms with Crippen LogP contribution in [0, 0.1) is 15.9 Å². The molecule has 0 saturated heterocycles. The van der Waals surface area contributed by atoms with E-state index in [1.807, 2.05) is 0 Å². The quantitative estimate of drug-likeness (QED) is 0.315. The minimum absolute atomic E-state index is 0.00284. The van der Waals surface area contributed by atoms with Gasteiger partial charge in [-0.05, 0) is 22.2 Å². The zero-order valence-corrected chi connectivity index (χ0v) is 15.8. The molecule has 0 radical (unpaired) electrons. The first-order valence-corrected chi connectivity index (χ1v) is 9.03. The summed E-state index contributed by atoms with van der Waals surface area (Å²) < 4.78 is 20.6. The number of rotatable bonds is 8. The lowest BCUT2D eigenvalue weighted by Crippen LogP contribution is -2.12. The summed E-state index contributed by atoms with van der Waals surface area (Å²) in [5.41, 5.74) is 1.58. The molecule has 0 bridgehead atoms. The number of halogens is 1. The molecule has 0 spiro atoms. The SMILES string of the molecule is O=[N+]([O-])c1nnc(-c2cc(-c3ccon3)n(Cc3ccccc3F)n2)nc1NCCO. The second kappa shape index (κ2) is 8.62. The summed E-state index contributed by atoms with van der Waals surface area (Å²) in [6.07, 6.45) is 1.39. The molecule has 4 aromatic rings. The van der Waals surface area contributed by atoms with Crippen molar-refractivity contribution < 1.29 is 18.9 Å². The molecule has 0 aliphatic rings. The Morgan fingerprint density at radius 2 is 2.06 bits per heavy atom. The maximum absolute atomic E-state index is 14.2. The Balaban J connectivity index is 1.77. The Kier molecular flexibility index (Phi) is 5.57. The van der Waals surface area contributed by atoms with Crippen molar-refractivity contribution in [2.45, 2.75) is 6.54 Å². The van der Waals surface area contributed by atoms with Crippen LogP contribution in [0.4, 0.5) is 16.0 Å². The van der Waals surface area contributed by atoms with Crippen molar-refractivity contribution >= 4 is 11.6 Å². The lowest BCUT2D eigenvalue weighted by molar-refractivity contribution is -0.389. The Labute approximate surface area is 173 Å². The summed E-state index contributed by atoms with van der Waals surface area (Å²) in [5, 5.41) is 38.5. The molecule has 0 amide bonds. The Bertz CT molecular complexity index is 1210. The number of aromatic nitrogens is 6.